The minimum atomic E-state index is -0.909. The molecule has 0 aromatic rings. The van der Waals surface area contributed by atoms with Crippen LogP contribution < -0.4 is 5.73 Å². The first kappa shape index (κ1) is 13.3. The Bertz CT molecular complexity index is 341. The van der Waals surface area contributed by atoms with Gasteiger partial charge in [0.15, 0.2) is 0 Å². The van der Waals surface area contributed by atoms with Crippen molar-refractivity contribution < 1.29 is 14.7 Å². The summed E-state index contributed by atoms with van der Waals surface area (Å²) in [5.74, 6) is -0.152. The molecule has 1 saturated carbocycles. The molecular formula is C13H22N2O3. The molecule has 1 heterocycles. The molecule has 5 nitrogen and oxygen atoms in total. The quantitative estimate of drug-likeness (QED) is 0.778. The summed E-state index contributed by atoms with van der Waals surface area (Å²) < 4.78 is 0. The standard InChI is InChI=1S/C13H22N2O3/c1-8-4-5-15(11(6-8)13(17)18)12(16)10(14)7-9-2-3-9/h8-11H,2-7,14H2,1H3,(H,17,18). The fraction of sp³-hybridized carbons (Fsp3) is 0.846. The van der Waals surface area contributed by atoms with E-state index in [4.69, 9.17) is 5.73 Å². The van der Waals surface area contributed by atoms with E-state index in [0.29, 0.717) is 31.2 Å². The first-order valence-corrected chi connectivity index (χ1v) is 6.78. The van der Waals surface area contributed by atoms with E-state index in [-0.39, 0.29) is 5.91 Å². The molecule has 1 amide bonds. The number of nitrogens with zero attached hydrogens (tertiary/aromatic N) is 1. The molecule has 102 valence electrons. The van der Waals surface area contributed by atoms with Gasteiger partial charge in [-0.15, -0.1) is 0 Å². The minimum absolute atomic E-state index is 0.179. The third kappa shape index (κ3) is 3.02. The minimum Gasteiger partial charge on any atom is -0.480 e. The van der Waals surface area contributed by atoms with Crippen molar-refractivity contribution in [2.75, 3.05) is 6.54 Å². The first-order chi connectivity index (χ1) is 8.49. The smallest absolute Gasteiger partial charge is 0.326 e. The zero-order valence-corrected chi connectivity index (χ0v) is 10.8. The number of carbonyl (C=O) groups is 2. The first-order valence-electron chi connectivity index (χ1n) is 6.78. The zero-order valence-electron chi connectivity index (χ0n) is 10.8. The average Bonchev–Trinajstić information content (AvgIpc) is 3.11. The lowest BCUT2D eigenvalue weighted by atomic mass is 9.91. The number of carboxylic acid groups (broad SMARTS) is 1. The van der Waals surface area contributed by atoms with Crippen molar-refractivity contribution in [2.24, 2.45) is 17.6 Å². The zero-order chi connectivity index (χ0) is 13.3. The molecule has 3 N–H and O–H groups in total. The van der Waals surface area contributed by atoms with Gasteiger partial charge in [-0.25, -0.2) is 4.79 Å². The number of carbonyl (C=O) groups excluding carboxylic acids is 1. The summed E-state index contributed by atoms with van der Waals surface area (Å²) in [5, 5.41) is 9.22. The van der Waals surface area contributed by atoms with Crippen LogP contribution >= 0.6 is 0 Å². The molecule has 2 aliphatic rings. The van der Waals surface area contributed by atoms with Crippen molar-refractivity contribution in [2.45, 2.75) is 51.1 Å². The molecule has 0 aromatic carbocycles. The molecule has 0 radical (unpaired) electrons. The third-order valence-electron chi connectivity index (χ3n) is 4.03. The van der Waals surface area contributed by atoms with E-state index in [1.807, 2.05) is 6.92 Å². The van der Waals surface area contributed by atoms with Gasteiger partial charge in [-0.1, -0.05) is 19.8 Å². The molecule has 0 spiro atoms. The van der Waals surface area contributed by atoms with Crippen molar-refractivity contribution >= 4 is 11.9 Å². The SMILES string of the molecule is CC1CCN(C(=O)C(N)CC2CC2)C(C(=O)O)C1. The predicted octanol–water partition coefficient (Wildman–Crippen LogP) is 0.825. The lowest BCUT2D eigenvalue weighted by Crippen LogP contribution is -2.54. The molecule has 0 aromatic heterocycles. The highest BCUT2D eigenvalue weighted by Gasteiger charge is 2.37. The van der Waals surface area contributed by atoms with Crippen molar-refractivity contribution in [3.05, 3.63) is 0 Å². The maximum Gasteiger partial charge on any atom is 0.326 e. The van der Waals surface area contributed by atoms with Crippen LogP contribution in [-0.4, -0.2) is 40.5 Å². The number of rotatable bonds is 4. The topological polar surface area (TPSA) is 83.6 Å². The van der Waals surface area contributed by atoms with Gasteiger partial charge in [-0.3, -0.25) is 4.79 Å². The molecule has 1 saturated heterocycles. The third-order valence-corrected chi connectivity index (χ3v) is 4.03. The number of hydrogen-bond acceptors (Lipinski definition) is 3. The van der Waals surface area contributed by atoms with Crippen molar-refractivity contribution in [1.82, 2.24) is 4.90 Å². The lowest BCUT2D eigenvalue weighted by molar-refractivity contribution is -0.153. The van der Waals surface area contributed by atoms with Gasteiger partial charge in [0, 0.05) is 6.54 Å². The van der Waals surface area contributed by atoms with Crippen LogP contribution in [0.3, 0.4) is 0 Å². The summed E-state index contributed by atoms with van der Waals surface area (Å²) in [5.41, 5.74) is 5.90. The highest BCUT2D eigenvalue weighted by molar-refractivity contribution is 5.87. The highest BCUT2D eigenvalue weighted by atomic mass is 16.4. The Kier molecular flexibility index (Phi) is 3.90. The number of piperidine rings is 1. The average molecular weight is 254 g/mol. The molecule has 18 heavy (non-hydrogen) atoms. The molecule has 2 fully saturated rings. The van der Waals surface area contributed by atoms with Crippen molar-refractivity contribution in [3.63, 3.8) is 0 Å². The van der Waals surface area contributed by atoms with Gasteiger partial charge in [0.1, 0.15) is 6.04 Å². The number of nitrogens with two attached hydrogens (primary N) is 1. The predicted molar refractivity (Wildman–Crippen MR) is 66.9 cm³/mol. The lowest BCUT2D eigenvalue weighted by Gasteiger charge is -2.37. The molecule has 2 rings (SSSR count). The maximum absolute atomic E-state index is 12.2. The Hall–Kier alpha value is -1.10. The number of carboxylic acids is 1. The van der Waals surface area contributed by atoms with Crippen LogP contribution in [0.2, 0.25) is 0 Å². The molecule has 3 atom stereocenters. The van der Waals surface area contributed by atoms with E-state index in [2.05, 4.69) is 0 Å². The fourth-order valence-electron chi connectivity index (χ4n) is 2.67. The summed E-state index contributed by atoms with van der Waals surface area (Å²) >= 11 is 0. The second kappa shape index (κ2) is 5.26. The summed E-state index contributed by atoms with van der Waals surface area (Å²) in [6.45, 7) is 2.55. The van der Waals surface area contributed by atoms with Gasteiger partial charge < -0.3 is 15.7 Å². The summed E-state index contributed by atoms with van der Waals surface area (Å²) in [7, 11) is 0. The van der Waals surface area contributed by atoms with Crippen LogP contribution in [0, 0.1) is 11.8 Å². The highest BCUT2D eigenvalue weighted by Crippen LogP contribution is 2.34. The molecule has 1 aliphatic carbocycles. The van der Waals surface area contributed by atoms with Crippen molar-refractivity contribution in [1.29, 1.82) is 0 Å². The number of amides is 1. The molecule has 5 heteroatoms. The van der Waals surface area contributed by atoms with Gasteiger partial charge in [0.05, 0.1) is 6.04 Å². The van der Waals surface area contributed by atoms with E-state index in [9.17, 15) is 14.7 Å². The van der Waals surface area contributed by atoms with Crippen LogP contribution in [0.4, 0.5) is 0 Å². The molecule has 1 aliphatic heterocycles. The molecule has 0 bridgehead atoms. The number of aliphatic carboxylic acids is 1. The normalized spacial score (nSPS) is 30.0. The second-order valence-electron chi connectivity index (χ2n) is 5.80. The van der Waals surface area contributed by atoms with Crippen LogP contribution in [-0.2, 0) is 9.59 Å². The van der Waals surface area contributed by atoms with Gasteiger partial charge >= 0.3 is 5.97 Å². The van der Waals surface area contributed by atoms with E-state index >= 15 is 0 Å². The largest absolute Gasteiger partial charge is 0.480 e. The van der Waals surface area contributed by atoms with Gasteiger partial charge in [-0.2, -0.15) is 0 Å². The van der Waals surface area contributed by atoms with Crippen LogP contribution in [0.15, 0.2) is 0 Å². The van der Waals surface area contributed by atoms with Gasteiger partial charge in [-0.05, 0) is 31.1 Å². The summed E-state index contributed by atoms with van der Waals surface area (Å²) in [4.78, 5) is 24.9. The number of likely N-dealkylation sites (tertiary alicyclic amines) is 1. The van der Waals surface area contributed by atoms with Crippen LogP contribution in [0.1, 0.15) is 39.0 Å². The molecule has 3 unspecified atom stereocenters. The van der Waals surface area contributed by atoms with Gasteiger partial charge in [0.2, 0.25) is 5.91 Å². The van der Waals surface area contributed by atoms with E-state index in [1.54, 1.807) is 0 Å². The summed E-state index contributed by atoms with van der Waals surface area (Å²) in [6, 6.07) is -1.21. The number of hydrogen-bond donors (Lipinski definition) is 2. The van der Waals surface area contributed by atoms with E-state index in [1.165, 1.54) is 4.90 Å². The van der Waals surface area contributed by atoms with E-state index < -0.39 is 18.1 Å². The second-order valence-corrected chi connectivity index (χ2v) is 5.80. The summed E-state index contributed by atoms with van der Waals surface area (Å²) in [6.07, 6.45) is 4.42. The van der Waals surface area contributed by atoms with E-state index in [0.717, 1.165) is 19.3 Å². The van der Waals surface area contributed by atoms with Gasteiger partial charge in [0.25, 0.3) is 0 Å². The molecular weight excluding hydrogens is 232 g/mol. The van der Waals surface area contributed by atoms with Crippen LogP contribution in [0.5, 0.6) is 0 Å². The van der Waals surface area contributed by atoms with Crippen molar-refractivity contribution in [3.8, 4) is 0 Å². The Morgan fingerprint density at radius 2 is 2.06 bits per heavy atom. The fourth-order valence-corrected chi connectivity index (χ4v) is 2.67. The Labute approximate surface area is 107 Å². The Balaban J connectivity index is 1.99. The monoisotopic (exact) mass is 254 g/mol. The Morgan fingerprint density at radius 1 is 1.39 bits per heavy atom. The Morgan fingerprint density at radius 3 is 2.61 bits per heavy atom. The maximum atomic E-state index is 12.2. The van der Waals surface area contributed by atoms with Crippen LogP contribution in [0.25, 0.3) is 0 Å².